The first-order chi connectivity index (χ1) is 16.8. The molecule has 1 aliphatic heterocycles. The van der Waals surface area contributed by atoms with E-state index >= 15 is 0 Å². The van der Waals surface area contributed by atoms with Gasteiger partial charge in [0.15, 0.2) is 11.5 Å². The van der Waals surface area contributed by atoms with Crippen LogP contribution < -0.4 is 19.5 Å². The molecule has 1 fully saturated rings. The van der Waals surface area contributed by atoms with Gasteiger partial charge in [-0.3, -0.25) is 9.59 Å². The van der Waals surface area contributed by atoms with Crippen LogP contribution in [-0.4, -0.2) is 67.8 Å². The Bertz CT molecular complexity index is 1110. The van der Waals surface area contributed by atoms with Gasteiger partial charge in [-0.2, -0.15) is 0 Å². The van der Waals surface area contributed by atoms with Crippen LogP contribution in [0.15, 0.2) is 36.4 Å². The lowest BCUT2D eigenvalue weighted by atomic mass is 10.1. The molecular weight excluding hydrogens is 458 g/mol. The number of esters is 2. The van der Waals surface area contributed by atoms with Gasteiger partial charge in [0.05, 0.1) is 26.4 Å². The van der Waals surface area contributed by atoms with Crippen molar-refractivity contribution in [3.05, 3.63) is 47.5 Å². The molecule has 0 saturated carbocycles. The van der Waals surface area contributed by atoms with Crippen molar-refractivity contribution >= 4 is 29.6 Å². The highest BCUT2D eigenvalue weighted by Gasteiger charge is 2.33. The quantitative estimate of drug-likeness (QED) is 0.469. The number of hydrazine groups is 1. The monoisotopic (exact) mass is 485 g/mol. The number of carbonyl (C=O) groups excluding carboxylic acids is 4. The molecule has 186 valence electrons. The van der Waals surface area contributed by atoms with Gasteiger partial charge in [-0.05, 0) is 43.7 Å². The number of amides is 3. The number of rotatable bonds is 7. The second kappa shape index (κ2) is 11.2. The fourth-order valence-electron chi connectivity index (χ4n) is 3.56. The van der Waals surface area contributed by atoms with E-state index in [4.69, 9.17) is 18.9 Å². The molecule has 1 aliphatic rings. The summed E-state index contributed by atoms with van der Waals surface area (Å²) in [5, 5.41) is 5.31. The molecule has 11 heteroatoms. The van der Waals surface area contributed by atoms with Crippen LogP contribution in [0.5, 0.6) is 17.2 Å². The van der Waals surface area contributed by atoms with Gasteiger partial charge in [-0.15, -0.1) is 0 Å². The van der Waals surface area contributed by atoms with Crippen LogP contribution in [0.2, 0.25) is 0 Å². The Balaban J connectivity index is 1.81. The van der Waals surface area contributed by atoms with Crippen molar-refractivity contribution in [2.45, 2.75) is 20.3 Å². The molecule has 0 atom stereocenters. The lowest BCUT2D eigenvalue weighted by Crippen LogP contribution is -2.46. The van der Waals surface area contributed by atoms with E-state index in [0.29, 0.717) is 30.8 Å². The number of carbonyl (C=O) groups is 4. The van der Waals surface area contributed by atoms with E-state index in [9.17, 15) is 19.2 Å². The number of hydrogen-bond donors (Lipinski definition) is 1. The van der Waals surface area contributed by atoms with E-state index in [2.05, 4.69) is 5.32 Å². The van der Waals surface area contributed by atoms with Crippen LogP contribution in [0.25, 0.3) is 0 Å². The van der Waals surface area contributed by atoms with Gasteiger partial charge in [-0.25, -0.2) is 19.6 Å². The summed E-state index contributed by atoms with van der Waals surface area (Å²) in [6.07, 6.45) is 0.571. The molecule has 0 unspecified atom stereocenters. The van der Waals surface area contributed by atoms with Gasteiger partial charge in [-0.1, -0.05) is 6.07 Å². The minimum absolute atomic E-state index is 0.0524. The van der Waals surface area contributed by atoms with Crippen molar-refractivity contribution in [2.75, 3.05) is 39.2 Å². The second-order valence-electron chi connectivity index (χ2n) is 7.44. The number of nitrogens with one attached hydrogen (secondary N) is 1. The predicted octanol–water partition coefficient (Wildman–Crippen LogP) is 3.10. The highest BCUT2D eigenvalue weighted by molar-refractivity contribution is 5.99. The number of urea groups is 1. The number of anilines is 1. The molecule has 0 aliphatic carbocycles. The first-order valence-corrected chi connectivity index (χ1v) is 10.9. The predicted molar refractivity (Wildman–Crippen MR) is 125 cm³/mol. The topological polar surface area (TPSA) is 124 Å². The summed E-state index contributed by atoms with van der Waals surface area (Å²) in [6, 6.07) is 8.64. The fourth-order valence-corrected chi connectivity index (χ4v) is 3.56. The maximum Gasteiger partial charge on any atom is 0.340 e. The number of nitrogens with zero attached hydrogens (tertiary/aromatic N) is 2. The molecule has 3 rings (SSSR count). The normalized spacial score (nSPS) is 12.7. The Hall–Kier alpha value is -4.28. The third kappa shape index (κ3) is 5.81. The van der Waals surface area contributed by atoms with Gasteiger partial charge in [0, 0.05) is 31.3 Å². The summed E-state index contributed by atoms with van der Waals surface area (Å²) < 4.78 is 20.7. The standard InChI is InChI=1S/C24H27N3O8/c1-5-34-23(30)16-8-6-9-18(12-16)25-24(31)27-11-7-10-26(27)22(29)17-13-19(32-3)21(35-15(2)28)20(14-17)33-4/h6,8-9,12-14H,5,7,10-11H2,1-4H3,(H,25,31). The van der Waals surface area contributed by atoms with Crippen molar-refractivity contribution in [3.63, 3.8) is 0 Å². The average Bonchev–Trinajstić information content (AvgIpc) is 3.34. The van der Waals surface area contributed by atoms with E-state index in [1.54, 1.807) is 25.1 Å². The first kappa shape index (κ1) is 25.3. The molecule has 0 aromatic heterocycles. The number of methoxy groups -OCH3 is 2. The van der Waals surface area contributed by atoms with E-state index in [-0.39, 0.29) is 29.4 Å². The molecule has 2 aromatic carbocycles. The lowest BCUT2D eigenvalue weighted by Gasteiger charge is -2.28. The summed E-state index contributed by atoms with van der Waals surface area (Å²) in [5.41, 5.74) is 0.860. The van der Waals surface area contributed by atoms with Crippen molar-refractivity contribution < 1.29 is 38.1 Å². The zero-order chi connectivity index (χ0) is 25.5. The highest BCUT2D eigenvalue weighted by Crippen LogP contribution is 2.39. The molecule has 35 heavy (non-hydrogen) atoms. The summed E-state index contributed by atoms with van der Waals surface area (Å²) in [4.78, 5) is 49.7. The molecule has 2 aromatic rings. The summed E-state index contributed by atoms with van der Waals surface area (Å²) in [6.45, 7) is 3.80. The minimum atomic E-state index is -0.574. The van der Waals surface area contributed by atoms with Gasteiger partial charge in [0.25, 0.3) is 5.91 Å². The molecular formula is C24H27N3O8. The molecule has 3 amide bonds. The van der Waals surface area contributed by atoms with Gasteiger partial charge >= 0.3 is 18.0 Å². The van der Waals surface area contributed by atoms with E-state index < -0.39 is 23.9 Å². The molecule has 1 saturated heterocycles. The van der Waals surface area contributed by atoms with Gasteiger partial charge < -0.3 is 24.3 Å². The van der Waals surface area contributed by atoms with E-state index in [1.807, 2.05) is 0 Å². The van der Waals surface area contributed by atoms with Crippen LogP contribution in [0.3, 0.4) is 0 Å². The average molecular weight is 485 g/mol. The van der Waals surface area contributed by atoms with Crippen LogP contribution in [-0.2, 0) is 9.53 Å². The van der Waals surface area contributed by atoms with E-state index in [1.165, 1.54) is 49.4 Å². The third-order valence-corrected chi connectivity index (χ3v) is 5.08. The molecule has 0 radical (unpaired) electrons. The van der Waals surface area contributed by atoms with Crippen LogP contribution >= 0.6 is 0 Å². The summed E-state index contributed by atoms with van der Waals surface area (Å²) in [5.74, 6) is -1.22. The van der Waals surface area contributed by atoms with Crippen molar-refractivity contribution in [3.8, 4) is 17.2 Å². The van der Waals surface area contributed by atoms with Gasteiger partial charge in [0.2, 0.25) is 5.75 Å². The molecule has 11 nitrogen and oxygen atoms in total. The molecule has 1 heterocycles. The summed E-state index contributed by atoms with van der Waals surface area (Å²) in [7, 11) is 2.74. The largest absolute Gasteiger partial charge is 0.493 e. The Morgan fingerprint density at radius 2 is 1.60 bits per heavy atom. The third-order valence-electron chi connectivity index (χ3n) is 5.08. The fraction of sp³-hybridized carbons (Fsp3) is 0.333. The maximum absolute atomic E-state index is 13.3. The number of hydrogen-bond acceptors (Lipinski definition) is 8. The Morgan fingerprint density at radius 1 is 0.943 bits per heavy atom. The Morgan fingerprint density at radius 3 is 2.20 bits per heavy atom. The van der Waals surface area contributed by atoms with Gasteiger partial charge in [0.1, 0.15) is 0 Å². The lowest BCUT2D eigenvalue weighted by molar-refractivity contribution is -0.132. The smallest absolute Gasteiger partial charge is 0.340 e. The van der Waals surface area contributed by atoms with Crippen molar-refractivity contribution in [1.82, 2.24) is 10.0 Å². The number of benzene rings is 2. The van der Waals surface area contributed by atoms with Crippen LogP contribution in [0.4, 0.5) is 10.5 Å². The van der Waals surface area contributed by atoms with Crippen molar-refractivity contribution in [1.29, 1.82) is 0 Å². The minimum Gasteiger partial charge on any atom is -0.493 e. The summed E-state index contributed by atoms with van der Waals surface area (Å²) >= 11 is 0. The Labute approximate surface area is 202 Å². The van der Waals surface area contributed by atoms with Crippen LogP contribution in [0.1, 0.15) is 41.0 Å². The Kier molecular flexibility index (Phi) is 8.13. The SMILES string of the molecule is CCOC(=O)c1cccc(NC(=O)N2CCCN2C(=O)c2cc(OC)c(OC(C)=O)c(OC)c2)c1. The molecule has 1 N–H and O–H groups in total. The first-order valence-electron chi connectivity index (χ1n) is 10.9. The highest BCUT2D eigenvalue weighted by atomic mass is 16.6. The number of ether oxygens (including phenoxy) is 4. The second-order valence-corrected chi connectivity index (χ2v) is 7.44. The maximum atomic E-state index is 13.3. The van der Waals surface area contributed by atoms with Crippen molar-refractivity contribution in [2.24, 2.45) is 0 Å². The zero-order valence-corrected chi connectivity index (χ0v) is 20.0. The zero-order valence-electron chi connectivity index (χ0n) is 20.0. The van der Waals surface area contributed by atoms with E-state index in [0.717, 1.165) is 0 Å². The van der Waals surface area contributed by atoms with Crippen LogP contribution in [0, 0.1) is 0 Å². The molecule has 0 bridgehead atoms. The molecule has 0 spiro atoms.